The summed E-state index contributed by atoms with van der Waals surface area (Å²) >= 11 is 0. The minimum atomic E-state index is -0.426. The van der Waals surface area contributed by atoms with Crippen LogP contribution in [-0.2, 0) is 26.3 Å². The van der Waals surface area contributed by atoms with Crippen LogP contribution in [0, 0.1) is 5.92 Å². The third-order valence-electron chi connectivity index (χ3n) is 7.50. The zero-order valence-electron chi connectivity index (χ0n) is 19.5. The van der Waals surface area contributed by atoms with E-state index in [-0.39, 0.29) is 29.6 Å². The van der Waals surface area contributed by atoms with E-state index in [0.717, 1.165) is 42.4 Å². The van der Waals surface area contributed by atoms with Gasteiger partial charge >= 0.3 is 0 Å². The average Bonchev–Trinajstić information content (AvgIpc) is 3.48. The van der Waals surface area contributed by atoms with Crippen molar-refractivity contribution in [3.8, 4) is 0 Å². The van der Waals surface area contributed by atoms with Crippen molar-refractivity contribution >= 4 is 17.7 Å². The summed E-state index contributed by atoms with van der Waals surface area (Å²) in [6.45, 7) is 2.91. The molecule has 2 N–H and O–H groups in total. The fourth-order valence-electron chi connectivity index (χ4n) is 5.63. The van der Waals surface area contributed by atoms with Crippen molar-refractivity contribution in [2.75, 3.05) is 20.1 Å². The van der Waals surface area contributed by atoms with Gasteiger partial charge in [0.05, 0.1) is 11.3 Å². The Kier molecular flexibility index (Phi) is 6.54. The molecule has 2 atom stereocenters. The van der Waals surface area contributed by atoms with Gasteiger partial charge in [0, 0.05) is 39.5 Å². The lowest BCUT2D eigenvalue weighted by Crippen LogP contribution is -2.43. The van der Waals surface area contributed by atoms with Gasteiger partial charge in [-0.05, 0) is 29.5 Å². The molecule has 0 unspecified atom stereocenters. The minimum Gasteiger partial charge on any atom is -0.369 e. The molecule has 4 rings (SSSR count). The maximum absolute atomic E-state index is 13.6. The first-order chi connectivity index (χ1) is 15.8. The summed E-state index contributed by atoms with van der Waals surface area (Å²) in [5, 5.41) is 0. The number of amides is 3. The van der Waals surface area contributed by atoms with Gasteiger partial charge in [-0.15, -0.1) is 0 Å². The summed E-state index contributed by atoms with van der Waals surface area (Å²) in [6, 6.07) is 18.2. The summed E-state index contributed by atoms with van der Waals surface area (Å²) in [5.74, 6) is -0.714. The Balaban J connectivity index is 1.48. The Morgan fingerprint density at radius 3 is 2.21 bits per heavy atom. The zero-order valence-corrected chi connectivity index (χ0v) is 19.5. The predicted molar refractivity (Wildman–Crippen MR) is 127 cm³/mol. The first-order valence-electron chi connectivity index (χ1n) is 11.8. The predicted octanol–water partition coefficient (Wildman–Crippen LogP) is 3.20. The molecule has 1 saturated carbocycles. The first kappa shape index (κ1) is 23.0. The van der Waals surface area contributed by atoms with Crippen molar-refractivity contribution in [2.45, 2.75) is 50.5 Å². The van der Waals surface area contributed by atoms with Crippen molar-refractivity contribution < 1.29 is 14.4 Å². The molecular formula is C27H33N3O3. The van der Waals surface area contributed by atoms with Gasteiger partial charge in [-0.3, -0.25) is 14.4 Å². The van der Waals surface area contributed by atoms with Gasteiger partial charge in [-0.1, -0.05) is 67.4 Å². The molecule has 1 aliphatic carbocycles. The molecule has 0 aromatic heterocycles. The van der Waals surface area contributed by atoms with E-state index in [2.05, 4.69) is 12.1 Å². The van der Waals surface area contributed by atoms with Gasteiger partial charge in [0.15, 0.2) is 0 Å². The molecule has 174 valence electrons. The Morgan fingerprint density at radius 2 is 1.64 bits per heavy atom. The molecule has 2 fully saturated rings. The van der Waals surface area contributed by atoms with Gasteiger partial charge in [-0.25, -0.2) is 0 Å². The van der Waals surface area contributed by atoms with Crippen molar-refractivity contribution in [3.63, 3.8) is 0 Å². The van der Waals surface area contributed by atoms with Crippen LogP contribution >= 0.6 is 0 Å². The summed E-state index contributed by atoms with van der Waals surface area (Å²) < 4.78 is 0. The number of benzene rings is 2. The fraction of sp³-hybridized carbons (Fsp3) is 0.444. The third-order valence-corrected chi connectivity index (χ3v) is 7.50. The van der Waals surface area contributed by atoms with Gasteiger partial charge in [-0.2, -0.15) is 0 Å². The van der Waals surface area contributed by atoms with Crippen LogP contribution in [0.5, 0.6) is 0 Å². The van der Waals surface area contributed by atoms with E-state index in [1.54, 1.807) is 4.90 Å². The second-order valence-electron chi connectivity index (χ2n) is 9.60. The molecule has 0 spiro atoms. The van der Waals surface area contributed by atoms with Crippen molar-refractivity contribution in [3.05, 3.63) is 71.3 Å². The normalized spacial score (nSPS) is 21.7. The average molecular weight is 448 g/mol. The second kappa shape index (κ2) is 9.38. The quantitative estimate of drug-likeness (QED) is 0.738. The van der Waals surface area contributed by atoms with Gasteiger partial charge in [0.2, 0.25) is 17.7 Å². The topological polar surface area (TPSA) is 83.7 Å². The first-order valence-corrected chi connectivity index (χ1v) is 11.8. The minimum absolute atomic E-state index is 0.0419. The van der Waals surface area contributed by atoms with Crippen LogP contribution in [0.2, 0.25) is 0 Å². The molecule has 1 heterocycles. The Bertz CT molecular complexity index is 1010. The molecule has 1 aliphatic heterocycles. The Labute approximate surface area is 195 Å². The van der Waals surface area contributed by atoms with E-state index in [4.69, 9.17) is 5.73 Å². The highest BCUT2D eigenvalue weighted by Crippen LogP contribution is 2.42. The number of rotatable bonds is 6. The number of nitrogens with zero attached hydrogens (tertiary/aromatic N) is 2. The van der Waals surface area contributed by atoms with Gasteiger partial charge < -0.3 is 15.5 Å². The van der Waals surface area contributed by atoms with Crippen molar-refractivity contribution in [1.82, 2.24) is 9.80 Å². The Hall–Kier alpha value is -3.15. The number of primary amides is 1. The highest BCUT2D eigenvalue weighted by molar-refractivity contribution is 5.88. The summed E-state index contributed by atoms with van der Waals surface area (Å²) in [6.07, 6.45) is 3.93. The largest absolute Gasteiger partial charge is 0.369 e. The molecule has 2 aromatic carbocycles. The number of likely N-dealkylation sites (N-methyl/N-ethyl adjacent to an activating group) is 1. The SMILES string of the molecule is CC(=O)N1C[C@H](C(N)=O)[C@@H](c2ccc(CN(C)C(=O)C3(c4ccccc4)CCCC3)cc2)C1. The maximum atomic E-state index is 13.6. The number of hydrogen-bond acceptors (Lipinski definition) is 3. The molecule has 0 radical (unpaired) electrons. The van der Waals surface area contributed by atoms with Crippen molar-refractivity contribution in [2.24, 2.45) is 11.7 Å². The third kappa shape index (κ3) is 4.52. The summed E-state index contributed by atoms with van der Waals surface area (Å²) in [7, 11) is 1.88. The van der Waals surface area contributed by atoms with Crippen LogP contribution in [-0.4, -0.2) is 47.7 Å². The standard InChI is InChI=1S/C27H33N3O3/c1-19(31)30-17-23(24(18-30)25(28)32)21-12-10-20(11-13-21)16-29(2)26(33)27(14-6-7-15-27)22-8-4-3-5-9-22/h3-5,8-13,23-24H,6-7,14-18H2,1-2H3,(H2,28,32)/t23-,24+/m1/s1. The molecule has 2 aliphatic rings. The molecule has 2 aromatic rings. The summed E-state index contributed by atoms with van der Waals surface area (Å²) in [4.78, 5) is 40.9. The van der Waals surface area contributed by atoms with E-state index in [9.17, 15) is 14.4 Å². The Morgan fingerprint density at radius 1 is 1.00 bits per heavy atom. The van der Waals surface area contributed by atoms with E-state index < -0.39 is 5.41 Å². The van der Waals surface area contributed by atoms with Crippen LogP contribution in [0.3, 0.4) is 0 Å². The molecule has 3 amide bonds. The van der Waals surface area contributed by atoms with E-state index >= 15 is 0 Å². The highest BCUT2D eigenvalue weighted by Gasteiger charge is 2.44. The van der Waals surface area contributed by atoms with Crippen LogP contribution in [0.1, 0.15) is 55.2 Å². The molecule has 33 heavy (non-hydrogen) atoms. The van der Waals surface area contributed by atoms with Crippen molar-refractivity contribution in [1.29, 1.82) is 0 Å². The number of carbonyl (C=O) groups excluding carboxylic acids is 3. The second-order valence-corrected chi connectivity index (χ2v) is 9.60. The maximum Gasteiger partial charge on any atom is 0.233 e. The molecule has 6 heteroatoms. The smallest absolute Gasteiger partial charge is 0.233 e. The number of hydrogen-bond donors (Lipinski definition) is 1. The lowest BCUT2D eigenvalue weighted by atomic mass is 9.77. The van der Waals surface area contributed by atoms with E-state index in [1.807, 2.05) is 54.4 Å². The molecule has 1 saturated heterocycles. The number of likely N-dealkylation sites (tertiary alicyclic amines) is 1. The number of nitrogens with two attached hydrogens (primary N) is 1. The lowest BCUT2D eigenvalue weighted by Gasteiger charge is -2.33. The van der Waals surface area contributed by atoms with Crippen LogP contribution in [0.25, 0.3) is 0 Å². The van der Waals surface area contributed by atoms with E-state index in [0.29, 0.717) is 19.6 Å². The lowest BCUT2D eigenvalue weighted by molar-refractivity contribution is -0.136. The van der Waals surface area contributed by atoms with Gasteiger partial charge in [0.25, 0.3) is 0 Å². The zero-order chi connectivity index (χ0) is 23.6. The van der Waals surface area contributed by atoms with Crippen LogP contribution < -0.4 is 5.73 Å². The molecule has 6 nitrogen and oxygen atoms in total. The fourth-order valence-corrected chi connectivity index (χ4v) is 5.63. The van der Waals surface area contributed by atoms with Crippen LogP contribution in [0.4, 0.5) is 0 Å². The van der Waals surface area contributed by atoms with Crippen LogP contribution in [0.15, 0.2) is 54.6 Å². The summed E-state index contributed by atoms with van der Waals surface area (Å²) in [5.41, 5.74) is 8.34. The van der Waals surface area contributed by atoms with E-state index in [1.165, 1.54) is 6.92 Å². The monoisotopic (exact) mass is 447 g/mol. The number of carbonyl (C=O) groups is 3. The van der Waals surface area contributed by atoms with Gasteiger partial charge in [0.1, 0.15) is 0 Å². The highest BCUT2D eigenvalue weighted by atomic mass is 16.2. The molecule has 0 bridgehead atoms. The molecular weight excluding hydrogens is 414 g/mol.